The zero-order valence-corrected chi connectivity index (χ0v) is 17.6. The van der Waals surface area contributed by atoms with Crippen LogP contribution in [0.4, 0.5) is 0 Å². The molecular weight excluding hydrogens is 388 g/mol. The summed E-state index contributed by atoms with van der Waals surface area (Å²) in [4.78, 5) is 34.6. The Labute approximate surface area is 180 Å². The first kappa shape index (κ1) is 20.5. The Bertz CT molecular complexity index is 1260. The van der Waals surface area contributed by atoms with Crippen molar-refractivity contribution in [3.05, 3.63) is 94.4 Å². The number of carbonyl (C=O) groups is 1. The highest BCUT2D eigenvalue weighted by molar-refractivity contribution is 5.95. The number of aromatic nitrogens is 3. The maximum Gasteiger partial charge on any atom is 0.278 e. The number of nitrogens with zero attached hydrogens (tertiary/aromatic N) is 3. The van der Waals surface area contributed by atoms with Crippen LogP contribution in [-0.2, 0) is 6.54 Å². The number of rotatable bonds is 6. The van der Waals surface area contributed by atoms with E-state index in [9.17, 15) is 9.59 Å². The van der Waals surface area contributed by atoms with Crippen LogP contribution in [0.3, 0.4) is 0 Å². The Morgan fingerprint density at radius 2 is 1.77 bits per heavy atom. The molecule has 0 fully saturated rings. The maximum atomic E-state index is 13.1. The molecule has 31 heavy (non-hydrogen) atoms. The number of aryl methyl sites for hydroxylation is 1. The lowest BCUT2D eigenvalue weighted by atomic mass is 10.1. The van der Waals surface area contributed by atoms with Crippen LogP contribution in [0.25, 0.3) is 22.4 Å². The lowest BCUT2D eigenvalue weighted by molar-refractivity contribution is 0.0940. The van der Waals surface area contributed by atoms with Gasteiger partial charge < -0.3 is 5.32 Å². The maximum absolute atomic E-state index is 13.1. The van der Waals surface area contributed by atoms with Crippen molar-refractivity contribution in [3.8, 4) is 11.3 Å². The molecule has 0 saturated heterocycles. The number of hydrogen-bond acceptors (Lipinski definition) is 4. The molecule has 0 spiro atoms. The highest BCUT2D eigenvalue weighted by Gasteiger charge is 2.15. The van der Waals surface area contributed by atoms with Crippen LogP contribution in [0.1, 0.15) is 42.2 Å². The molecule has 2 heterocycles. The van der Waals surface area contributed by atoms with Crippen molar-refractivity contribution in [3.63, 3.8) is 0 Å². The van der Waals surface area contributed by atoms with Crippen LogP contribution in [0.15, 0.2) is 77.7 Å². The third-order valence-corrected chi connectivity index (χ3v) is 5.22. The average molecular weight is 412 g/mol. The molecule has 0 saturated carbocycles. The van der Waals surface area contributed by atoms with E-state index >= 15 is 0 Å². The van der Waals surface area contributed by atoms with E-state index in [0.29, 0.717) is 34.5 Å². The second-order valence-electron chi connectivity index (χ2n) is 7.45. The Morgan fingerprint density at radius 1 is 1.03 bits per heavy atom. The predicted octanol–water partition coefficient (Wildman–Crippen LogP) is 4.36. The Balaban J connectivity index is 1.62. The van der Waals surface area contributed by atoms with Crippen LogP contribution in [0, 0.1) is 0 Å². The summed E-state index contributed by atoms with van der Waals surface area (Å²) in [6, 6.07) is 20.3. The number of benzene rings is 2. The molecule has 156 valence electrons. The van der Waals surface area contributed by atoms with Crippen molar-refractivity contribution < 1.29 is 4.79 Å². The molecule has 6 heteroatoms. The molecule has 0 aliphatic rings. The molecule has 0 radical (unpaired) electrons. The minimum absolute atomic E-state index is 0.107. The fourth-order valence-corrected chi connectivity index (χ4v) is 3.58. The SMILES string of the molecule is CCCn1c(=O)c(-c2ccc(C(=O)N[C@H](C)c3ccccc3)cc2)nc2cccnc21. The highest BCUT2D eigenvalue weighted by atomic mass is 16.1. The molecule has 6 nitrogen and oxygen atoms in total. The minimum Gasteiger partial charge on any atom is -0.346 e. The first-order chi connectivity index (χ1) is 15.1. The van der Waals surface area contributed by atoms with Gasteiger partial charge in [0.2, 0.25) is 0 Å². The van der Waals surface area contributed by atoms with Gasteiger partial charge in [0.25, 0.3) is 11.5 Å². The van der Waals surface area contributed by atoms with E-state index in [1.165, 1.54) is 0 Å². The van der Waals surface area contributed by atoms with Gasteiger partial charge in [-0.3, -0.25) is 14.2 Å². The monoisotopic (exact) mass is 412 g/mol. The van der Waals surface area contributed by atoms with Crippen LogP contribution in [-0.4, -0.2) is 20.4 Å². The van der Waals surface area contributed by atoms with Gasteiger partial charge in [0.05, 0.1) is 6.04 Å². The van der Waals surface area contributed by atoms with E-state index in [1.54, 1.807) is 41.1 Å². The summed E-state index contributed by atoms with van der Waals surface area (Å²) < 4.78 is 1.67. The lowest BCUT2D eigenvalue weighted by Crippen LogP contribution is -2.26. The van der Waals surface area contributed by atoms with Gasteiger partial charge in [-0.05, 0) is 43.2 Å². The molecular formula is C25H24N4O2. The standard InChI is InChI=1S/C25H24N4O2/c1-3-16-29-23-21(10-7-15-26-23)28-22(25(29)31)19-11-13-20(14-12-19)24(30)27-17(2)18-8-5-4-6-9-18/h4-15,17H,3,16H2,1-2H3,(H,27,30)/t17-/m1/s1. The van der Waals surface area contributed by atoms with E-state index < -0.39 is 0 Å². The van der Waals surface area contributed by atoms with E-state index in [1.807, 2.05) is 50.2 Å². The normalized spacial score (nSPS) is 11.9. The molecule has 2 aromatic carbocycles. The second kappa shape index (κ2) is 8.92. The highest BCUT2D eigenvalue weighted by Crippen LogP contribution is 2.19. The van der Waals surface area contributed by atoms with Gasteiger partial charge in [0, 0.05) is 23.9 Å². The fraction of sp³-hybridized carbons (Fsp3) is 0.200. The van der Waals surface area contributed by atoms with Gasteiger partial charge in [-0.2, -0.15) is 0 Å². The fourth-order valence-electron chi connectivity index (χ4n) is 3.58. The molecule has 0 unspecified atom stereocenters. The number of pyridine rings is 1. The van der Waals surface area contributed by atoms with Gasteiger partial charge >= 0.3 is 0 Å². The Morgan fingerprint density at radius 3 is 2.48 bits per heavy atom. The van der Waals surface area contributed by atoms with Crippen molar-refractivity contribution >= 4 is 17.1 Å². The average Bonchev–Trinajstić information content (AvgIpc) is 2.81. The van der Waals surface area contributed by atoms with Crippen molar-refractivity contribution in [2.24, 2.45) is 0 Å². The van der Waals surface area contributed by atoms with Crippen LogP contribution < -0.4 is 10.9 Å². The first-order valence-electron chi connectivity index (χ1n) is 10.4. The quantitative estimate of drug-likeness (QED) is 0.510. The van der Waals surface area contributed by atoms with Crippen molar-refractivity contribution in [2.75, 3.05) is 0 Å². The summed E-state index contributed by atoms with van der Waals surface area (Å²) in [5.74, 6) is -0.165. The summed E-state index contributed by atoms with van der Waals surface area (Å²) in [6.45, 7) is 4.54. The van der Waals surface area contributed by atoms with Crippen LogP contribution in [0.5, 0.6) is 0 Å². The summed E-state index contributed by atoms with van der Waals surface area (Å²) >= 11 is 0. The number of hydrogen-bond donors (Lipinski definition) is 1. The lowest BCUT2D eigenvalue weighted by Gasteiger charge is -2.14. The molecule has 2 aromatic heterocycles. The molecule has 0 aliphatic carbocycles. The van der Waals surface area contributed by atoms with Crippen molar-refractivity contribution in [1.82, 2.24) is 19.9 Å². The van der Waals surface area contributed by atoms with Crippen LogP contribution >= 0.6 is 0 Å². The van der Waals surface area contributed by atoms with E-state index in [0.717, 1.165) is 12.0 Å². The molecule has 1 atom stereocenters. The number of fused-ring (bicyclic) bond motifs is 1. The van der Waals surface area contributed by atoms with Crippen molar-refractivity contribution in [1.29, 1.82) is 0 Å². The Kier molecular flexibility index (Phi) is 5.89. The molecule has 4 rings (SSSR count). The summed E-state index contributed by atoms with van der Waals surface area (Å²) in [5.41, 5.74) is 3.68. The van der Waals surface area contributed by atoms with E-state index in [4.69, 9.17) is 0 Å². The summed E-state index contributed by atoms with van der Waals surface area (Å²) in [7, 11) is 0. The summed E-state index contributed by atoms with van der Waals surface area (Å²) in [5, 5.41) is 3.00. The number of nitrogens with one attached hydrogen (secondary N) is 1. The molecule has 0 aliphatic heterocycles. The smallest absolute Gasteiger partial charge is 0.278 e. The third kappa shape index (κ3) is 4.23. The zero-order valence-electron chi connectivity index (χ0n) is 17.6. The van der Waals surface area contributed by atoms with Gasteiger partial charge in [-0.1, -0.05) is 49.4 Å². The second-order valence-corrected chi connectivity index (χ2v) is 7.45. The predicted molar refractivity (Wildman–Crippen MR) is 122 cm³/mol. The van der Waals surface area contributed by atoms with Gasteiger partial charge in [0.1, 0.15) is 11.2 Å². The zero-order chi connectivity index (χ0) is 21.8. The third-order valence-electron chi connectivity index (χ3n) is 5.22. The Hall–Kier alpha value is -3.80. The van der Waals surface area contributed by atoms with Crippen LogP contribution in [0.2, 0.25) is 0 Å². The first-order valence-corrected chi connectivity index (χ1v) is 10.4. The molecule has 0 bridgehead atoms. The summed E-state index contributed by atoms with van der Waals surface area (Å²) in [6.07, 6.45) is 2.48. The van der Waals surface area contributed by atoms with Gasteiger partial charge in [-0.15, -0.1) is 0 Å². The topological polar surface area (TPSA) is 76.9 Å². The van der Waals surface area contributed by atoms with Gasteiger partial charge in [0.15, 0.2) is 5.65 Å². The van der Waals surface area contributed by atoms with E-state index in [-0.39, 0.29) is 17.5 Å². The van der Waals surface area contributed by atoms with Gasteiger partial charge in [-0.25, -0.2) is 9.97 Å². The number of carbonyl (C=O) groups excluding carboxylic acids is 1. The molecule has 1 amide bonds. The molecule has 4 aromatic rings. The largest absolute Gasteiger partial charge is 0.346 e. The number of amides is 1. The van der Waals surface area contributed by atoms with Crippen molar-refractivity contribution in [2.45, 2.75) is 32.9 Å². The molecule has 1 N–H and O–H groups in total. The van der Waals surface area contributed by atoms with E-state index in [2.05, 4.69) is 15.3 Å². The minimum atomic E-state index is -0.178.